The van der Waals surface area contributed by atoms with Crippen LogP contribution in [0, 0.1) is 0 Å². The molecule has 1 aliphatic rings. The second kappa shape index (κ2) is 7.73. The Balaban J connectivity index is 1.58. The van der Waals surface area contributed by atoms with Crippen molar-refractivity contribution in [3.63, 3.8) is 0 Å². The van der Waals surface area contributed by atoms with Gasteiger partial charge >= 0.3 is 0 Å². The van der Waals surface area contributed by atoms with E-state index in [0.717, 1.165) is 23.5 Å². The predicted molar refractivity (Wildman–Crippen MR) is 104 cm³/mol. The van der Waals surface area contributed by atoms with Gasteiger partial charge in [0.25, 0.3) is 0 Å². The number of hydrogen-bond donors (Lipinski definition) is 0. The van der Waals surface area contributed by atoms with Crippen molar-refractivity contribution in [2.75, 3.05) is 32.1 Å². The van der Waals surface area contributed by atoms with Crippen LogP contribution in [0.1, 0.15) is 24.3 Å². The Bertz CT molecular complexity index is 637. The number of benzene rings is 2. The summed E-state index contributed by atoms with van der Waals surface area (Å²) < 4.78 is 3.66. The van der Waals surface area contributed by atoms with E-state index in [2.05, 4.69) is 87.8 Å². The highest BCUT2D eigenvalue weighted by molar-refractivity contribution is 9.10. The Morgan fingerprint density at radius 1 is 1.04 bits per heavy atom. The zero-order valence-corrected chi connectivity index (χ0v) is 16.1. The lowest BCUT2D eigenvalue weighted by molar-refractivity contribution is 0.346. The summed E-state index contributed by atoms with van der Waals surface area (Å²) >= 11 is 5.56. The molecule has 2 aromatic carbocycles. The van der Waals surface area contributed by atoms with Gasteiger partial charge in [-0.3, -0.25) is 0 Å². The summed E-state index contributed by atoms with van der Waals surface area (Å²) in [5.74, 6) is 0.718. The van der Waals surface area contributed by atoms with Crippen LogP contribution in [-0.4, -0.2) is 31.5 Å². The van der Waals surface area contributed by atoms with Crippen LogP contribution in [0.4, 0.5) is 5.69 Å². The first-order valence-corrected chi connectivity index (χ1v) is 9.65. The Labute approximate surface area is 152 Å². The van der Waals surface area contributed by atoms with Crippen molar-refractivity contribution in [3.8, 4) is 0 Å². The van der Waals surface area contributed by atoms with Crippen LogP contribution in [0.5, 0.6) is 0 Å². The zero-order chi connectivity index (χ0) is 16.2. The lowest BCUT2D eigenvalue weighted by atomic mass is 9.90. The minimum Gasteiger partial charge on any atom is -0.377 e. The highest BCUT2D eigenvalue weighted by Crippen LogP contribution is 2.35. The number of nitrogens with zero attached hydrogens (tertiary/aromatic N) is 2. The van der Waals surface area contributed by atoms with E-state index in [4.69, 9.17) is 0 Å². The summed E-state index contributed by atoms with van der Waals surface area (Å²) in [7, 11) is 4.14. The fourth-order valence-corrected chi connectivity index (χ4v) is 4.94. The molecule has 23 heavy (non-hydrogen) atoms. The molecule has 0 spiro atoms. The molecule has 3 rings (SSSR count). The van der Waals surface area contributed by atoms with Gasteiger partial charge in [0.05, 0.1) is 5.69 Å². The average molecular weight is 391 g/mol. The van der Waals surface area contributed by atoms with Gasteiger partial charge in [-0.15, -0.1) is 0 Å². The number of rotatable bonds is 4. The van der Waals surface area contributed by atoms with Crippen LogP contribution in [0.2, 0.25) is 0 Å². The van der Waals surface area contributed by atoms with Crippen LogP contribution in [0.3, 0.4) is 0 Å². The summed E-state index contributed by atoms with van der Waals surface area (Å²) in [6, 6.07) is 17.6. The van der Waals surface area contributed by atoms with Gasteiger partial charge in [0, 0.05) is 36.6 Å². The van der Waals surface area contributed by atoms with Crippen LogP contribution in [0.25, 0.3) is 0 Å². The first-order valence-electron chi connectivity index (χ1n) is 8.08. The van der Waals surface area contributed by atoms with Crippen molar-refractivity contribution in [1.29, 1.82) is 0 Å². The molecule has 0 amide bonds. The molecule has 0 N–H and O–H groups in total. The van der Waals surface area contributed by atoms with Gasteiger partial charge in [-0.2, -0.15) is 0 Å². The molecule has 0 aromatic heterocycles. The second-order valence-corrected chi connectivity index (χ2v) is 8.24. The minimum absolute atomic E-state index is 0.718. The van der Waals surface area contributed by atoms with Gasteiger partial charge in [-0.25, -0.2) is 4.31 Å². The molecular weight excluding hydrogens is 368 g/mol. The summed E-state index contributed by atoms with van der Waals surface area (Å²) in [5.41, 5.74) is 2.72. The fraction of sp³-hybridized carbons (Fsp3) is 0.368. The van der Waals surface area contributed by atoms with Crippen molar-refractivity contribution < 1.29 is 0 Å². The van der Waals surface area contributed by atoms with E-state index in [0.29, 0.717) is 0 Å². The fourth-order valence-electron chi connectivity index (χ4n) is 3.06. The summed E-state index contributed by atoms with van der Waals surface area (Å²) in [5, 5.41) is 0. The van der Waals surface area contributed by atoms with Crippen LogP contribution >= 0.6 is 27.9 Å². The maximum atomic E-state index is 3.68. The van der Waals surface area contributed by atoms with Gasteiger partial charge in [-0.05, 0) is 70.4 Å². The third-order valence-corrected chi connectivity index (χ3v) is 6.08. The van der Waals surface area contributed by atoms with E-state index < -0.39 is 0 Å². The monoisotopic (exact) mass is 390 g/mol. The Morgan fingerprint density at radius 3 is 2.35 bits per heavy atom. The first kappa shape index (κ1) is 16.9. The van der Waals surface area contributed by atoms with E-state index in [-0.39, 0.29) is 0 Å². The van der Waals surface area contributed by atoms with Crippen molar-refractivity contribution >= 4 is 33.6 Å². The van der Waals surface area contributed by atoms with Crippen molar-refractivity contribution in [2.45, 2.75) is 23.7 Å². The van der Waals surface area contributed by atoms with Gasteiger partial charge in [0.15, 0.2) is 0 Å². The van der Waals surface area contributed by atoms with E-state index >= 15 is 0 Å². The smallest absolute Gasteiger partial charge is 0.0506 e. The lowest BCUT2D eigenvalue weighted by Gasteiger charge is -2.31. The van der Waals surface area contributed by atoms with Gasteiger partial charge in [-0.1, -0.05) is 30.3 Å². The molecule has 0 atom stereocenters. The summed E-state index contributed by atoms with van der Waals surface area (Å²) in [6.07, 6.45) is 2.49. The largest absolute Gasteiger partial charge is 0.377 e. The van der Waals surface area contributed by atoms with Crippen molar-refractivity contribution in [3.05, 3.63) is 58.6 Å². The third kappa shape index (κ3) is 4.31. The Kier molecular flexibility index (Phi) is 5.67. The summed E-state index contributed by atoms with van der Waals surface area (Å²) in [6.45, 7) is 2.30. The molecule has 122 valence electrons. The molecule has 1 fully saturated rings. The molecule has 4 heteroatoms. The second-order valence-electron chi connectivity index (χ2n) is 6.21. The number of anilines is 1. The lowest BCUT2D eigenvalue weighted by Crippen LogP contribution is -2.27. The van der Waals surface area contributed by atoms with Crippen LogP contribution < -0.4 is 4.90 Å². The van der Waals surface area contributed by atoms with Gasteiger partial charge in [0.1, 0.15) is 0 Å². The van der Waals surface area contributed by atoms with Crippen LogP contribution in [0.15, 0.2) is 57.9 Å². The molecule has 1 saturated heterocycles. The van der Waals surface area contributed by atoms with Crippen LogP contribution in [-0.2, 0) is 0 Å². The molecule has 0 aliphatic carbocycles. The van der Waals surface area contributed by atoms with Gasteiger partial charge < -0.3 is 4.90 Å². The topological polar surface area (TPSA) is 6.48 Å². The Hall–Kier alpha value is -0.970. The molecular formula is C19H23BrN2S. The first-order chi connectivity index (χ1) is 11.1. The molecule has 2 aromatic rings. The molecule has 0 saturated carbocycles. The highest BCUT2D eigenvalue weighted by Gasteiger charge is 2.21. The number of halogens is 1. The normalized spacial score (nSPS) is 16.5. The maximum Gasteiger partial charge on any atom is 0.0506 e. The molecule has 0 bridgehead atoms. The molecule has 0 unspecified atom stereocenters. The molecule has 0 radical (unpaired) electrons. The van der Waals surface area contributed by atoms with E-state index in [9.17, 15) is 0 Å². The number of hydrogen-bond acceptors (Lipinski definition) is 3. The summed E-state index contributed by atoms with van der Waals surface area (Å²) in [4.78, 5) is 3.43. The standard InChI is InChI=1S/C19H23BrN2S/c1-21(2)19-9-8-17(14-18(19)20)23-22-12-10-16(11-13-22)15-6-4-3-5-7-15/h3-9,14,16H,10-13H2,1-2H3. The number of piperidine rings is 1. The molecule has 1 heterocycles. The molecule has 1 aliphatic heterocycles. The highest BCUT2D eigenvalue weighted by atomic mass is 79.9. The van der Waals surface area contributed by atoms with E-state index in [1.54, 1.807) is 0 Å². The SMILES string of the molecule is CN(C)c1ccc(SN2CCC(c3ccccc3)CC2)cc1Br. The molecule has 2 nitrogen and oxygen atoms in total. The van der Waals surface area contributed by atoms with E-state index in [1.165, 1.54) is 29.0 Å². The zero-order valence-electron chi connectivity index (χ0n) is 13.7. The minimum atomic E-state index is 0.718. The van der Waals surface area contributed by atoms with Gasteiger partial charge in [0.2, 0.25) is 0 Å². The third-order valence-electron chi connectivity index (χ3n) is 4.36. The Morgan fingerprint density at radius 2 is 1.74 bits per heavy atom. The van der Waals surface area contributed by atoms with E-state index in [1.807, 2.05) is 11.9 Å². The van der Waals surface area contributed by atoms with Crippen molar-refractivity contribution in [1.82, 2.24) is 4.31 Å². The quantitative estimate of drug-likeness (QED) is 0.645. The predicted octanol–water partition coefficient (Wildman–Crippen LogP) is 5.40. The maximum absolute atomic E-state index is 3.68. The average Bonchev–Trinajstić information content (AvgIpc) is 2.56. The van der Waals surface area contributed by atoms with Crippen molar-refractivity contribution in [2.24, 2.45) is 0 Å².